The van der Waals surface area contributed by atoms with Gasteiger partial charge in [0.2, 0.25) is 11.0 Å². The van der Waals surface area contributed by atoms with E-state index in [0.717, 1.165) is 11.5 Å². The number of nitrogens with two attached hydrogens (primary N) is 1. The fourth-order valence-corrected chi connectivity index (χ4v) is 1.00. The van der Waals surface area contributed by atoms with Crippen LogP contribution in [-0.2, 0) is 9.53 Å². The van der Waals surface area contributed by atoms with Crippen LogP contribution in [0, 0.1) is 0 Å². The van der Waals surface area contributed by atoms with Crippen LogP contribution in [0.3, 0.4) is 0 Å². The maximum absolute atomic E-state index is 11.2. The first-order valence-corrected chi connectivity index (χ1v) is 4.22. The van der Waals surface area contributed by atoms with Crippen molar-refractivity contribution in [3.8, 4) is 0 Å². The van der Waals surface area contributed by atoms with Gasteiger partial charge in [-0.05, 0) is 5.21 Å². The monoisotopic (exact) mass is 203 g/mol. The Balaban J connectivity index is 2.41. The van der Waals surface area contributed by atoms with Crippen LogP contribution in [0.1, 0.15) is 0 Å². The van der Waals surface area contributed by atoms with Gasteiger partial charge in [0.25, 0.3) is 0 Å². The average molecular weight is 203 g/mol. The number of aromatic nitrogens is 3. The van der Waals surface area contributed by atoms with Crippen LogP contribution in [0.25, 0.3) is 0 Å². The van der Waals surface area contributed by atoms with E-state index < -0.39 is 6.04 Å². The van der Waals surface area contributed by atoms with E-state index in [1.54, 1.807) is 0 Å². The lowest BCUT2D eigenvalue weighted by atomic mass is 10.3. The number of carbonyl (C=O) groups is 1. The molecular formula is C5H9N5O2S. The van der Waals surface area contributed by atoms with Gasteiger partial charge in [-0.15, -0.1) is 0 Å². The molecule has 1 heterocycles. The Morgan fingerprint density at radius 1 is 1.85 bits per heavy atom. The van der Waals surface area contributed by atoms with Gasteiger partial charge in [0.05, 0.1) is 6.61 Å². The Kier molecular flexibility index (Phi) is 3.68. The molecule has 1 atom stereocenters. The number of amides is 1. The Bertz CT molecular complexity index is 264. The molecule has 1 unspecified atom stereocenters. The van der Waals surface area contributed by atoms with Gasteiger partial charge in [-0.25, -0.2) is 0 Å². The second-order valence-electron chi connectivity index (χ2n) is 2.22. The lowest BCUT2D eigenvalue weighted by Crippen LogP contribution is -2.39. The van der Waals surface area contributed by atoms with Crippen molar-refractivity contribution in [2.24, 2.45) is 5.73 Å². The molecule has 0 saturated carbocycles. The summed E-state index contributed by atoms with van der Waals surface area (Å²) >= 11 is 0.986. The van der Waals surface area contributed by atoms with Gasteiger partial charge in [0.1, 0.15) is 6.04 Å². The molecule has 1 aromatic rings. The maximum atomic E-state index is 11.2. The van der Waals surface area contributed by atoms with Gasteiger partial charge in [0.15, 0.2) is 0 Å². The molecule has 1 amide bonds. The number of methoxy groups -OCH3 is 1. The van der Waals surface area contributed by atoms with Crippen molar-refractivity contribution < 1.29 is 9.53 Å². The first-order valence-electron chi connectivity index (χ1n) is 3.44. The van der Waals surface area contributed by atoms with Crippen molar-refractivity contribution in [2.45, 2.75) is 6.04 Å². The largest absolute Gasteiger partial charge is 0.383 e. The molecule has 13 heavy (non-hydrogen) atoms. The molecule has 0 fully saturated rings. The standard InChI is InChI=1S/C5H9N5O2S/c1-12-2-3(6)4(11)7-5-8-9-10-13-5/h3H,2,6H2,1H3,(H,7,8,10,11). The summed E-state index contributed by atoms with van der Waals surface area (Å²) in [6, 6.07) is -0.700. The molecule has 0 aliphatic carbocycles. The molecule has 1 rings (SSSR count). The molecule has 0 saturated heterocycles. The summed E-state index contributed by atoms with van der Waals surface area (Å²) in [5.74, 6) is -0.361. The normalized spacial score (nSPS) is 12.5. The predicted octanol–water partition coefficient (Wildman–Crippen LogP) is -1.15. The van der Waals surface area contributed by atoms with E-state index in [9.17, 15) is 4.79 Å². The number of rotatable bonds is 4. The summed E-state index contributed by atoms with van der Waals surface area (Å²) in [6.45, 7) is 0.165. The highest BCUT2D eigenvalue weighted by Gasteiger charge is 2.14. The summed E-state index contributed by atoms with van der Waals surface area (Å²) < 4.78 is 8.18. The van der Waals surface area contributed by atoms with E-state index in [4.69, 9.17) is 10.5 Å². The number of anilines is 1. The van der Waals surface area contributed by atoms with Crippen LogP contribution in [0.5, 0.6) is 0 Å². The zero-order valence-corrected chi connectivity index (χ0v) is 7.74. The lowest BCUT2D eigenvalue weighted by Gasteiger charge is -2.07. The van der Waals surface area contributed by atoms with E-state index >= 15 is 0 Å². The summed E-state index contributed by atoms with van der Waals surface area (Å²) in [5, 5.41) is 9.62. The number of nitrogens with zero attached hydrogens (tertiary/aromatic N) is 3. The summed E-state index contributed by atoms with van der Waals surface area (Å²) in [4.78, 5) is 11.2. The maximum Gasteiger partial charge on any atom is 0.245 e. The number of carbonyl (C=O) groups excluding carboxylic acids is 1. The van der Waals surface area contributed by atoms with Gasteiger partial charge < -0.3 is 10.5 Å². The van der Waals surface area contributed by atoms with Crippen LogP contribution in [0.4, 0.5) is 5.13 Å². The molecular weight excluding hydrogens is 194 g/mol. The summed E-state index contributed by atoms with van der Waals surface area (Å²) in [5.41, 5.74) is 5.44. The lowest BCUT2D eigenvalue weighted by molar-refractivity contribution is -0.118. The van der Waals surface area contributed by atoms with Crippen molar-refractivity contribution >= 4 is 22.6 Å². The van der Waals surface area contributed by atoms with E-state index in [1.807, 2.05) is 0 Å². The fraction of sp³-hybridized carbons (Fsp3) is 0.600. The SMILES string of the molecule is COCC(N)C(=O)Nc1nnns1. The molecule has 72 valence electrons. The van der Waals surface area contributed by atoms with E-state index in [-0.39, 0.29) is 12.5 Å². The highest BCUT2D eigenvalue weighted by atomic mass is 32.1. The van der Waals surface area contributed by atoms with Gasteiger partial charge in [-0.3, -0.25) is 10.1 Å². The van der Waals surface area contributed by atoms with Crippen LogP contribution in [0.2, 0.25) is 0 Å². The van der Waals surface area contributed by atoms with Gasteiger partial charge in [-0.2, -0.15) is 0 Å². The van der Waals surface area contributed by atoms with Crippen molar-refractivity contribution in [1.82, 2.24) is 14.8 Å². The van der Waals surface area contributed by atoms with Gasteiger partial charge in [-0.1, -0.05) is 9.59 Å². The molecule has 7 nitrogen and oxygen atoms in total. The molecule has 3 N–H and O–H groups in total. The molecule has 0 aliphatic rings. The quantitative estimate of drug-likeness (QED) is 0.640. The second-order valence-corrected chi connectivity index (χ2v) is 2.95. The minimum atomic E-state index is -0.700. The first kappa shape index (κ1) is 9.96. The zero-order chi connectivity index (χ0) is 9.68. The number of nitrogens with one attached hydrogen (secondary N) is 1. The minimum Gasteiger partial charge on any atom is -0.383 e. The highest BCUT2D eigenvalue weighted by molar-refractivity contribution is 7.09. The van der Waals surface area contributed by atoms with Crippen molar-refractivity contribution in [3.05, 3.63) is 0 Å². The molecule has 8 heteroatoms. The zero-order valence-electron chi connectivity index (χ0n) is 6.93. The number of hydrogen-bond acceptors (Lipinski definition) is 7. The predicted molar refractivity (Wildman–Crippen MR) is 46.2 cm³/mol. The third kappa shape index (κ3) is 3.01. The van der Waals surface area contributed by atoms with Crippen LogP contribution < -0.4 is 11.1 Å². The van der Waals surface area contributed by atoms with Crippen molar-refractivity contribution in [1.29, 1.82) is 0 Å². The van der Waals surface area contributed by atoms with Crippen LogP contribution in [0.15, 0.2) is 0 Å². The second kappa shape index (κ2) is 4.80. The third-order valence-electron chi connectivity index (χ3n) is 1.21. The molecule has 0 bridgehead atoms. The van der Waals surface area contributed by atoms with Crippen molar-refractivity contribution in [3.63, 3.8) is 0 Å². The molecule has 1 aromatic heterocycles. The number of ether oxygens (including phenoxy) is 1. The highest BCUT2D eigenvalue weighted by Crippen LogP contribution is 2.04. The smallest absolute Gasteiger partial charge is 0.245 e. The average Bonchev–Trinajstić information content (AvgIpc) is 2.57. The van der Waals surface area contributed by atoms with E-state index in [1.165, 1.54) is 7.11 Å². The van der Waals surface area contributed by atoms with Crippen molar-refractivity contribution in [2.75, 3.05) is 19.0 Å². The minimum absolute atomic E-state index is 0.165. The summed E-state index contributed by atoms with van der Waals surface area (Å²) in [6.07, 6.45) is 0. The first-order chi connectivity index (χ1) is 6.24. The fourth-order valence-electron chi connectivity index (χ4n) is 0.635. The summed E-state index contributed by atoms with van der Waals surface area (Å²) in [7, 11) is 1.47. The topological polar surface area (TPSA) is 103 Å². The molecule has 0 aliphatic heterocycles. The number of hydrogen-bond donors (Lipinski definition) is 2. The Hall–Kier alpha value is -1.12. The third-order valence-corrected chi connectivity index (χ3v) is 1.72. The van der Waals surface area contributed by atoms with Gasteiger partial charge in [0, 0.05) is 18.6 Å². The molecule has 0 spiro atoms. The van der Waals surface area contributed by atoms with E-state index in [2.05, 4.69) is 20.1 Å². The molecule has 0 aromatic carbocycles. The van der Waals surface area contributed by atoms with E-state index in [0.29, 0.717) is 5.13 Å². The van der Waals surface area contributed by atoms with Crippen LogP contribution >= 0.6 is 11.5 Å². The Labute approximate surface area is 78.4 Å². The van der Waals surface area contributed by atoms with Gasteiger partial charge >= 0.3 is 0 Å². The molecule has 0 radical (unpaired) electrons. The Morgan fingerprint density at radius 2 is 2.62 bits per heavy atom. The van der Waals surface area contributed by atoms with Crippen LogP contribution in [-0.4, -0.2) is 40.5 Å². The Morgan fingerprint density at radius 3 is 3.15 bits per heavy atom.